The lowest BCUT2D eigenvalue weighted by molar-refractivity contribution is -0.124. The number of furan rings is 1. The van der Waals surface area contributed by atoms with Crippen LogP contribution in [0.2, 0.25) is 0 Å². The molecule has 23 heavy (non-hydrogen) atoms. The van der Waals surface area contributed by atoms with Crippen molar-refractivity contribution in [3.8, 4) is 0 Å². The minimum absolute atomic E-state index is 0.0712. The minimum atomic E-state index is -0.287. The van der Waals surface area contributed by atoms with Crippen molar-refractivity contribution in [2.75, 3.05) is 18.4 Å². The summed E-state index contributed by atoms with van der Waals surface area (Å²) in [6, 6.07) is 10.6. The van der Waals surface area contributed by atoms with Gasteiger partial charge in [0.15, 0.2) is 5.76 Å². The highest BCUT2D eigenvalue weighted by molar-refractivity contribution is 6.02. The molecule has 0 saturated carbocycles. The lowest BCUT2D eigenvalue weighted by atomic mass is 10.1. The first-order valence-corrected chi connectivity index (χ1v) is 7.64. The second-order valence-electron chi connectivity index (χ2n) is 5.54. The number of benzene rings is 1. The van der Waals surface area contributed by atoms with Gasteiger partial charge in [-0.15, -0.1) is 0 Å². The average molecular weight is 313 g/mol. The highest BCUT2D eigenvalue weighted by Gasteiger charge is 2.21. The van der Waals surface area contributed by atoms with Gasteiger partial charge in [-0.25, -0.2) is 0 Å². The summed E-state index contributed by atoms with van der Waals surface area (Å²) in [5.41, 5.74) is 1.67. The Morgan fingerprint density at radius 2 is 2.04 bits per heavy atom. The average Bonchev–Trinajstić information content (AvgIpc) is 3.27. The fourth-order valence-corrected chi connectivity index (χ4v) is 2.52. The second-order valence-corrected chi connectivity index (χ2v) is 5.54. The summed E-state index contributed by atoms with van der Waals surface area (Å²) < 4.78 is 5.04. The van der Waals surface area contributed by atoms with Gasteiger partial charge in [-0.05, 0) is 42.8 Å². The van der Waals surface area contributed by atoms with Crippen molar-refractivity contribution in [1.29, 1.82) is 0 Å². The third-order valence-corrected chi connectivity index (χ3v) is 3.85. The molecule has 0 bridgehead atoms. The van der Waals surface area contributed by atoms with Gasteiger partial charge < -0.3 is 20.4 Å². The van der Waals surface area contributed by atoms with Crippen LogP contribution >= 0.6 is 0 Å². The molecule has 3 N–H and O–H groups in total. The number of hydrogen-bond donors (Lipinski definition) is 3. The van der Waals surface area contributed by atoms with Crippen molar-refractivity contribution < 1.29 is 14.0 Å². The van der Waals surface area contributed by atoms with Crippen LogP contribution in [0.3, 0.4) is 0 Å². The normalized spacial score (nSPS) is 17.0. The van der Waals surface area contributed by atoms with Crippen molar-refractivity contribution in [2.24, 2.45) is 5.92 Å². The van der Waals surface area contributed by atoms with Gasteiger partial charge in [0.1, 0.15) is 0 Å². The van der Waals surface area contributed by atoms with E-state index in [1.165, 1.54) is 6.26 Å². The van der Waals surface area contributed by atoms with Crippen LogP contribution in [0, 0.1) is 5.92 Å². The zero-order chi connectivity index (χ0) is 16.1. The van der Waals surface area contributed by atoms with E-state index in [2.05, 4.69) is 16.0 Å². The van der Waals surface area contributed by atoms with Crippen LogP contribution in [0.4, 0.5) is 5.69 Å². The Bertz CT molecular complexity index is 659. The molecule has 120 valence electrons. The Labute approximate surface area is 134 Å². The number of anilines is 1. The van der Waals surface area contributed by atoms with Crippen LogP contribution in [0.15, 0.2) is 47.1 Å². The fraction of sp³-hybridized carbons (Fsp3) is 0.294. The van der Waals surface area contributed by atoms with E-state index in [1.54, 1.807) is 24.3 Å². The molecule has 1 aliphatic rings. The van der Waals surface area contributed by atoms with Crippen LogP contribution in [0.25, 0.3) is 0 Å². The van der Waals surface area contributed by atoms with Gasteiger partial charge in [0.05, 0.1) is 12.2 Å². The number of carbonyl (C=O) groups excluding carboxylic acids is 2. The van der Waals surface area contributed by atoms with E-state index in [0.29, 0.717) is 12.2 Å². The van der Waals surface area contributed by atoms with Gasteiger partial charge in [-0.1, -0.05) is 12.1 Å². The van der Waals surface area contributed by atoms with Crippen LogP contribution in [0.1, 0.15) is 22.5 Å². The Morgan fingerprint density at radius 3 is 2.70 bits per heavy atom. The predicted molar refractivity (Wildman–Crippen MR) is 85.9 cm³/mol. The first kappa shape index (κ1) is 15.3. The van der Waals surface area contributed by atoms with Gasteiger partial charge in [-0.3, -0.25) is 9.59 Å². The standard InChI is InChI=1S/C17H19N3O3/c21-16(13-7-8-18-11-13)19-10-12-3-5-14(6-4-12)20-17(22)15-2-1-9-23-15/h1-6,9,13,18H,7-8,10-11H2,(H,19,21)(H,20,22). The third-order valence-electron chi connectivity index (χ3n) is 3.85. The van der Waals surface area contributed by atoms with E-state index in [1.807, 2.05) is 12.1 Å². The fourth-order valence-electron chi connectivity index (χ4n) is 2.52. The molecule has 1 fully saturated rings. The zero-order valence-electron chi connectivity index (χ0n) is 12.7. The molecule has 2 aromatic rings. The van der Waals surface area contributed by atoms with E-state index in [4.69, 9.17) is 4.42 Å². The zero-order valence-corrected chi connectivity index (χ0v) is 12.7. The molecule has 6 heteroatoms. The van der Waals surface area contributed by atoms with Crippen molar-refractivity contribution in [1.82, 2.24) is 10.6 Å². The summed E-state index contributed by atoms with van der Waals surface area (Å²) in [6.07, 6.45) is 2.35. The van der Waals surface area contributed by atoms with E-state index in [0.717, 1.165) is 25.1 Å². The van der Waals surface area contributed by atoms with Gasteiger partial charge in [0, 0.05) is 18.8 Å². The van der Waals surface area contributed by atoms with Crippen molar-refractivity contribution in [3.63, 3.8) is 0 Å². The topological polar surface area (TPSA) is 83.4 Å². The first-order valence-electron chi connectivity index (χ1n) is 7.64. The van der Waals surface area contributed by atoms with Crippen LogP contribution < -0.4 is 16.0 Å². The van der Waals surface area contributed by atoms with Crippen molar-refractivity contribution in [3.05, 3.63) is 54.0 Å². The first-order chi connectivity index (χ1) is 11.2. The van der Waals surface area contributed by atoms with Crippen molar-refractivity contribution in [2.45, 2.75) is 13.0 Å². The van der Waals surface area contributed by atoms with Gasteiger partial charge >= 0.3 is 0 Å². The Balaban J connectivity index is 1.50. The number of nitrogens with one attached hydrogen (secondary N) is 3. The predicted octanol–water partition coefficient (Wildman–Crippen LogP) is 1.76. The van der Waals surface area contributed by atoms with E-state index < -0.39 is 0 Å². The number of carbonyl (C=O) groups is 2. The van der Waals surface area contributed by atoms with Gasteiger partial charge in [-0.2, -0.15) is 0 Å². The number of amides is 2. The number of rotatable bonds is 5. The summed E-state index contributed by atoms with van der Waals surface area (Å²) in [4.78, 5) is 23.8. The molecule has 6 nitrogen and oxygen atoms in total. The minimum Gasteiger partial charge on any atom is -0.459 e. The van der Waals surface area contributed by atoms with Gasteiger partial charge in [0.25, 0.3) is 5.91 Å². The summed E-state index contributed by atoms with van der Waals surface area (Å²) in [7, 11) is 0. The molecule has 1 atom stereocenters. The van der Waals surface area contributed by atoms with E-state index in [-0.39, 0.29) is 23.5 Å². The summed E-state index contributed by atoms with van der Waals surface area (Å²) in [5, 5.41) is 8.87. The second kappa shape index (κ2) is 7.11. The third kappa shape index (κ3) is 3.98. The maximum absolute atomic E-state index is 11.9. The maximum atomic E-state index is 11.9. The molecule has 2 amide bonds. The lowest BCUT2D eigenvalue weighted by Crippen LogP contribution is -2.31. The summed E-state index contributed by atoms with van der Waals surface area (Å²) in [5.74, 6) is 0.142. The monoisotopic (exact) mass is 313 g/mol. The van der Waals surface area contributed by atoms with E-state index >= 15 is 0 Å². The Hall–Kier alpha value is -2.60. The highest BCUT2D eigenvalue weighted by atomic mass is 16.3. The smallest absolute Gasteiger partial charge is 0.291 e. The molecule has 0 spiro atoms. The Kier molecular flexibility index (Phi) is 4.73. The molecule has 1 saturated heterocycles. The van der Waals surface area contributed by atoms with Crippen molar-refractivity contribution >= 4 is 17.5 Å². The number of hydrogen-bond acceptors (Lipinski definition) is 4. The molecular formula is C17H19N3O3. The molecular weight excluding hydrogens is 294 g/mol. The molecule has 3 rings (SSSR count). The molecule has 0 radical (unpaired) electrons. The van der Waals surface area contributed by atoms with Crippen LogP contribution in [-0.4, -0.2) is 24.9 Å². The van der Waals surface area contributed by atoms with Gasteiger partial charge in [0.2, 0.25) is 5.91 Å². The quantitative estimate of drug-likeness (QED) is 0.785. The Morgan fingerprint density at radius 1 is 1.22 bits per heavy atom. The maximum Gasteiger partial charge on any atom is 0.291 e. The summed E-state index contributed by atoms with van der Waals surface area (Å²) in [6.45, 7) is 2.15. The largest absolute Gasteiger partial charge is 0.459 e. The molecule has 1 aromatic carbocycles. The summed E-state index contributed by atoms with van der Waals surface area (Å²) >= 11 is 0. The highest BCUT2D eigenvalue weighted by Crippen LogP contribution is 2.12. The van der Waals surface area contributed by atoms with E-state index in [9.17, 15) is 9.59 Å². The SMILES string of the molecule is O=C(Nc1ccc(CNC(=O)C2CCNC2)cc1)c1ccco1. The molecule has 2 heterocycles. The lowest BCUT2D eigenvalue weighted by Gasteiger charge is -2.10. The molecule has 1 unspecified atom stereocenters. The molecule has 0 aliphatic carbocycles. The molecule has 1 aromatic heterocycles. The van der Waals surface area contributed by atoms with Crippen LogP contribution in [-0.2, 0) is 11.3 Å². The molecule has 1 aliphatic heterocycles. The van der Waals surface area contributed by atoms with Crippen LogP contribution in [0.5, 0.6) is 0 Å².